The van der Waals surface area contributed by atoms with Crippen LogP contribution in [0.3, 0.4) is 0 Å². The molecule has 0 bridgehead atoms. The molecule has 4 aromatic rings. The second kappa shape index (κ2) is 10.5. The minimum absolute atomic E-state index is 0.210. The maximum Gasteiger partial charge on any atom is 0.416 e. The van der Waals surface area contributed by atoms with Crippen LogP contribution in [0.5, 0.6) is 0 Å². The SMILES string of the molecule is O=C1/C(=C/c2ccc(-c3cccc(C(F)(F)F)c3)o2)SC(=NCc2ccccc2)N1Cc1ccccc1. The Balaban J connectivity index is 1.42. The number of amidine groups is 1. The number of aliphatic imine (C=N–C) groups is 1. The molecule has 4 nitrogen and oxygen atoms in total. The van der Waals surface area contributed by atoms with Gasteiger partial charge in [-0.3, -0.25) is 14.7 Å². The number of carbonyl (C=O) groups is 1. The van der Waals surface area contributed by atoms with E-state index in [1.54, 1.807) is 29.2 Å². The first-order chi connectivity index (χ1) is 17.9. The number of carbonyl (C=O) groups excluding carboxylic acids is 1. The second-order valence-corrected chi connectivity index (χ2v) is 9.36. The van der Waals surface area contributed by atoms with Crippen LogP contribution in [0.2, 0.25) is 0 Å². The van der Waals surface area contributed by atoms with Crippen molar-refractivity contribution in [3.63, 3.8) is 0 Å². The summed E-state index contributed by atoms with van der Waals surface area (Å²) in [5.41, 5.74) is 1.55. The molecule has 3 aromatic carbocycles. The van der Waals surface area contributed by atoms with Gasteiger partial charge in [0.15, 0.2) is 5.17 Å². The van der Waals surface area contributed by atoms with Crippen molar-refractivity contribution >= 4 is 28.9 Å². The van der Waals surface area contributed by atoms with Gasteiger partial charge in [0, 0.05) is 11.6 Å². The van der Waals surface area contributed by atoms with Crippen LogP contribution < -0.4 is 0 Å². The number of rotatable bonds is 6. The van der Waals surface area contributed by atoms with Crippen molar-refractivity contribution in [3.8, 4) is 11.3 Å². The third kappa shape index (κ3) is 5.86. The molecule has 0 spiro atoms. The fourth-order valence-electron chi connectivity index (χ4n) is 3.84. The quantitative estimate of drug-likeness (QED) is 0.247. The fourth-order valence-corrected chi connectivity index (χ4v) is 4.79. The lowest BCUT2D eigenvalue weighted by Gasteiger charge is -2.15. The number of thioether (sulfide) groups is 1. The van der Waals surface area contributed by atoms with Crippen molar-refractivity contribution in [2.75, 3.05) is 0 Å². The summed E-state index contributed by atoms with van der Waals surface area (Å²) in [7, 11) is 0. The molecule has 2 heterocycles. The van der Waals surface area contributed by atoms with Crippen molar-refractivity contribution in [1.82, 2.24) is 4.90 Å². The van der Waals surface area contributed by atoms with E-state index >= 15 is 0 Å². The summed E-state index contributed by atoms with van der Waals surface area (Å²) in [6, 6.07) is 27.6. The van der Waals surface area contributed by atoms with Gasteiger partial charge in [-0.25, -0.2) is 0 Å². The highest BCUT2D eigenvalue weighted by Crippen LogP contribution is 2.36. The molecule has 0 unspecified atom stereocenters. The van der Waals surface area contributed by atoms with Gasteiger partial charge in [-0.2, -0.15) is 13.2 Å². The van der Waals surface area contributed by atoms with E-state index in [4.69, 9.17) is 9.41 Å². The summed E-state index contributed by atoms with van der Waals surface area (Å²) in [4.78, 5) is 20.1. The van der Waals surface area contributed by atoms with Crippen LogP contribution >= 0.6 is 11.8 Å². The Morgan fingerprint density at radius 2 is 1.57 bits per heavy atom. The summed E-state index contributed by atoms with van der Waals surface area (Å²) in [6.07, 6.45) is -2.84. The van der Waals surface area contributed by atoms with Gasteiger partial charge in [-0.1, -0.05) is 72.8 Å². The van der Waals surface area contributed by atoms with Gasteiger partial charge in [0.25, 0.3) is 5.91 Å². The van der Waals surface area contributed by atoms with E-state index in [0.29, 0.717) is 34.5 Å². The molecule has 1 aliphatic heterocycles. The minimum atomic E-state index is -4.45. The topological polar surface area (TPSA) is 45.8 Å². The average Bonchev–Trinajstić information content (AvgIpc) is 3.49. The molecule has 1 aliphatic rings. The zero-order chi connectivity index (χ0) is 25.8. The lowest BCUT2D eigenvalue weighted by atomic mass is 10.1. The maximum absolute atomic E-state index is 13.4. The summed E-state index contributed by atoms with van der Waals surface area (Å²) in [5.74, 6) is 0.442. The standard InChI is InChI=1S/C29H21F3N2O2S/c30-29(31,32)23-13-7-12-22(16-23)25-15-14-24(36-25)17-26-27(35)34(19-21-10-5-2-6-11-21)28(37-26)33-18-20-8-3-1-4-9-20/h1-17H,18-19H2/b26-17-,33-28?. The Morgan fingerprint density at radius 1 is 0.865 bits per heavy atom. The first-order valence-electron chi connectivity index (χ1n) is 11.5. The summed E-state index contributed by atoms with van der Waals surface area (Å²) in [6.45, 7) is 0.792. The van der Waals surface area contributed by atoms with Crippen LogP contribution in [0.4, 0.5) is 13.2 Å². The van der Waals surface area contributed by atoms with Crippen molar-refractivity contribution in [1.29, 1.82) is 0 Å². The second-order valence-electron chi connectivity index (χ2n) is 8.35. The molecule has 0 N–H and O–H groups in total. The van der Waals surface area contributed by atoms with Crippen molar-refractivity contribution in [2.24, 2.45) is 4.99 Å². The Hall–Kier alpha value is -4.04. The molecule has 0 atom stereocenters. The van der Waals surface area contributed by atoms with E-state index in [-0.39, 0.29) is 11.7 Å². The van der Waals surface area contributed by atoms with E-state index < -0.39 is 11.7 Å². The molecule has 5 rings (SSSR count). The van der Waals surface area contributed by atoms with E-state index in [0.717, 1.165) is 23.3 Å². The lowest BCUT2D eigenvalue weighted by molar-refractivity contribution is -0.137. The van der Waals surface area contributed by atoms with Crippen molar-refractivity contribution < 1.29 is 22.4 Å². The molecule has 186 valence electrons. The zero-order valence-electron chi connectivity index (χ0n) is 19.5. The van der Waals surface area contributed by atoms with Gasteiger partial charge in [0.1, 0.15) is 11.5 Å². The highest BCUT2D eigenvalue weighted by molar-refractivity contribution is 8.18. The Kier molecular flexibility index (Phi) is 7.01. The van der Waals surface area contributed by atoms with E-state index in [1.165, 1.54) is 17.8 Å². The van der Waals surface area contributed by atoms with Gasteiger partial charge < -0.3 is 4.42 Å². The Morgan fingerprint density at radius 3 is 2.27 bits per heavy atom. The van der Waals surface area contributed by atoms with E-state index in [1.807, 2.05) is 60.7 Å². The number of halogens is 3. The van der Waals surface area contributed by atoms with Gasteiger partial charge in [-0.15, -0.1) is 0 Å². The van der Waals surface area contributed by atoms with Gasteiger partial charge in [0.2, 0.25) is 0 Å². The van der Waals surface area contributed by atoms with Crippen LogP contribution in [-0.2, 0) is 24.1 Å². The molecule has 0 radical (unpaired) electrons. The van der Waals surface area contributed by atoms with Crippen molar-refractivity contribution in [2.45, 2.75) is 19.3 Å². The molecule has 37 heavy (non-hydrogen) atoms. The van der Waals surface area contributed by atoms with Crippen LogP contribution in [0.25, 0.3) is 17.4 Å². The van der Waals surface area contributed by atoms with Crippen LogP contribution in [0.15, 0.2) is 111 Å². The molecule has 1 aromatic heterocycles. The molecule has 1 amide bonds. The van der Waals surface area contributed by atoms with E-state index in [2.05, 4.69) is 0 Å². The molecule has 0 saturated carbocycles. The summed E-state index contributed by atoms with van der Waals surface area (Å²) >= 11 is 1.25. The largest absolute Gasteiger partial charge is 0.457 e. The van der Waals surface area contributed by atoms with Gasteiger partial charge >= 0.3 is 6.18 Å². The molecular formula is C29H21F3N2O2S. The minimum Gasteiger partial charge on any atom is -0.457 e. The fraction of sp³-hybridized carbons (Fsp3) is 0.103. The van der Waals surface area contributed by atoms with Crippen LogP contribution in [0, 0.1) is 0 Å². The van der Waals surface area contributed by atoms with Gasteiger partial charge in [0.05, 0.1) is 23.6 Å². The molecule has 8 heteroatoms. The third-order valence-corrected chi connectivity index (χ3v) is 6.73. The number of alkyl halides is 3. The smallest absolute Gasteiger partial charge is 0.416 e. The number of hydrogen-bond acceptors (Lipinski definition) is 4. The average molecular weight is 519 g/mol. The highest BCUT2D eigenvalue weighted by atomic mass is 32.2. The van der Waals surface area contributed by atoms with Crippen molar-refractivity contribution in [3.05, 3.63) is 124 Å². The molecule has 1 saturated heterocycles. The third-order valence-electron chi connectivity index (χ3n) is 5.69. The number of benzene rings is 3. The number of amides is 1. The Labute approximate surface area is 216 Å². The highest BCUT2D eigenvalue weighted by Gasteiger charge is 2.34. The first-order valence-corrected chi connectivity index (χ1v) is 12.3. The maximum atomic E-state index is 13.4. The van der Waals surface area contributed by atoms with Crippen LogP contribution in [0.1, 0.15) is 22.5 Å². The van der Waals surface area contributed by atoms with Gasteiger partial charge in [-0.05, 0) is 47.2 Å². The predicted octanol–water partition coefficient (Wildman–Crippen LogP) is 7.64. The zero-order valence-corrected chi connectivity index (χ0v) is 20.3. The summed E-state index contributed by atoms with van der Waals surface area (Å²) < 4.78 is 45.1. The monoisotopic (exact) mass is 518 g/mol. The number of furan rings is 1. The first kappa shape index (κ1) is 24.6. The normalized spacial score (nSPS) is 16.2. The molecular weight excluding hydrogens is 497 g/mol. The number of hydrogen-bond donors (Lipinski definition) is 0. The lowest BCUT2D eigenvalue weighted by Crippen LogP contribution is -2.28. The van der Waals surface area contributed by atoms with E-state index in [9.17, 15) is 18.0 Å². The molecule has 1 fully saturated rings. The summed E-state index contributed by atoms with van der Waals surface area (Å²) in [5, 5.41) is 0.577. The predicted molar refractivity (Wildman–Crippen MR) is 139 cm³/mol. The van der Waals surface area contributed by atoms with Crippen LogP contribution in [-0.4, -0.2) is 16.0 Å². The Bertz CT molecular complexity index is 1460. The molecule has 0 aliphatic carbocycles. The number of nitrogens with zero attached hydrogens (tertiary/aromatic N) is 2.